The number of hydrogen-bond acceptors (Lipinski definition) is 2. The molecule has 0 unspecified atom stereocenters. The molecule has 3 N–H and O–H groups in total. The largest absolute Gasteiger partial charge is 0.352 e. The minimum Gasteiger partial charge on any atom is -0.352 e. The molecule has 0 radical (unpaired) electrons. The number of amides is 1. The van der Waals surface area contributed by atoms with Gasteiger partial charge in [-0.15, -0.1) is 0 Å². The minimum absolute atomic E-state index is 0.0824. The number of nitrogens with two attached hydrogens (primary N) is 1. The van der Waals surface area contributed by atoms with Gasteiger partial charge < -0.3 is 11.1 Å². The molecule has 1 aliphatic carbocycles. The van der Waals surface area contributed by atoms with Gasteiger partial charge in [0.2, 0.25) is 0 Å². The van der Waals surface area contributed by atoms with E-state index in [1.54, 1.807) is 18.2 Å². The summed E-state index contributed by atoms with van der Waals surface area (Å²) in [6, 6.07) is 5.14. The number of hydrogen-bond donors (Lipinski definition) is 2. The van der Waals surface area contributed by atoms with Crippen LogP contribution in [0.15, 0.2) is 18.2 Å². The molecule has 1 aromatic rings. The summed E-state index contributed by atoms with van der Waals surface area (Å²) in [5.41, 5.74) is 6.58. The second-order valence-electron chi connectivity index (χ2n) is 5.04. The van der Waals surface area contributed by atoms with Crippen molar-refractivity contribution in [3.63, 3.8) is 0 Å². The smallest absolute Gasteiger partial charge is 0.251 e. The average Bonchev–Trinajstić information content (AvgIpc) is 3.26. The quantitative estimate of drug-likeness (QED) is 0.647. The van der Waals surface area contributed by atoms with Gasteiger partial charge >= 0.3 is 0 Å². The maximum atomic E-state index is 12.0. The van der Waals surface area contributed by atoms with E-state index in [0.717, 1.165) is 18.9 Å². The Labute approximate surface area is 124 Å². The molecule has 0 saturated heterocycles. The van der Waals surface area contributed by atoms with Crippen LogP contribution in [0, 0.1) is 17.8 Å². The first-order valence-corrected chi connectivity index (χ1v) is 7.35. The molecule has 0 atom stereocenters. The van der Waals surface area contributed by atoms with Crippen molar-refractivity contribution >= 4 is 17.5 Å². The van der Waals surface area contributed by atoms with Crippen LogP contribution in [-0.2, 0) is 0 Å². The highest BCUT2D eigenvalue weighted by atomic mass is 35.5. The molecule has 0 bridgehead atoms. The van der Waals surface area contributed by atoms with Crippen LogP contribution >= 0.6 is 11.6 Å². The topological polar surface area (TPSA) is 55.1 Å². The van der Waals surface area contributed by atoms with E-state index in [4.69, 9.17) is 17.3 Å². The molecule has 1 fully saturated rings. The molecule has 1 aromatic carbocycles. The summed E-state index contributed by atoms with van der Waals surface area (Å²) in [6.07, 6.45) is 4.97. The fourth-order valence-corrected chi connectivity index (χ4v) is 2.23. The lowest BCUT2D eigenvalue weighted by molar-refractivity contribution is 0.0953. The first-order chi connectivity index (χ1) is 9.70. The fourth-order valence-electron chi connectivity index (χ4n) is 2.01. The third-order valence-corrected chi connectivity index (χ3v) is 3.64. The van der Waals surface area contributed by atoms with Crippen molar-refractivity contribution in [3.8, 4) is 11.8 Å². The Morgan fingerprint density at radius 3 is 2.90 bits per heavy atom. The fraction of sp³-hybridized carbons (Fsp3) is 0.438. The van der Waals surface area contributed by atoms with E-state index in [1.807, 2.05) is 0 Å². The lowest BCUT2D eigenvalue weighted by Gasteiger charge is -2.06. The Morgan fingerprint density at radius 2 is 2.25 bits per heavy atom. The van der Waals surface area contributed by atoms with Crippen LogP contribution in [0.5, 0.6) is 0 Å². The Balaban J connectivity index is 1.87. The minimum atomic E-state index is -0.0824. The zero-order chi connectivity index (χ0) is 14.4. The van der Waals surface area contributed by atoms with Gasteiger partial charge in [-0.2, -0.15) is 0 Å². The maximum absolute atomic E-state index is 12.0. The van der Waals surface area contributed by atoms with Crippen LogP contribution in [0.3, 0.4) is 0 Å². The molecule has 1 amide bonds. The van der Waals surface area contributed by atoms with Crippen LogP contribution < -0.4 is 11.1 Å². The number of carbonyl (C=O) groups is 1. The highest BCUT2D eigenvalue weighted by molar-refractivity contribution is 6.32. The Morgan fingerprint density at radius 1 is 1.45 bits per heavy atom. The van der Waals surface area contributed by atoms with Gasteiger partial charge in [0.1, 0.15) is 0 Å². The molecule has 0 spiro atoms. The third-order valence-electron chi connectivity index (χ3n) is 3.33. The first-order valence-electron chi connectivity index (χ1n) is 6.97. The van der Waals surface area contributed by atoms with E-state index in [0.29, 0.717) is 22.7 Å². The summed E-state index contributed by atoms with van der Waals surface area (Å²) in [4.78, 5) is 12.0. The van der Waals surface area contributed by atoms with Crippen LogP contribution in [0.2, 0.25) is 5.02 Å². The van der Waals surface area contributed by atoms with Crippen LogP contribution in [0.1, 0.15) is 41.6 Å². The van der Waals surface area contributed by atoms with Gasteiger partial charge in [-0.05, 0) is 37.0 Å². The highest BCUT2D eigenvalue weighted by Gasteiger charge is 2.20. The van der Waals surface area contributed by atoms with Gasteiger partial charge in [-0.25, -0.2) is 0 Å². The first kappa shape index (κ1) is 14.9. The Bertz CT molecular complexity index is 541. The number of carbonyl (C=O) groups excluding carboxylic acids is 1. The summed E-state index contributed by atoms with van der Waals surface area (Å²) < 4.78 is 0. The molecule has 4 heteroatoms. The van der Waals surface area contributed by atoms with Crippen molar-refractivity contribution in [2.75, 3.05) is 13.1 Å². The molecule has 106 valence electrons. The standard InChI is InChI=1S/C16H19ClN2O/c17-15-11-14(8-7-13(15)4-1-9-18)16(20)19-10-2-3-12-5-6-12/h7-8,11-12H,2-3,5-6,9-10,18H2,(H,19,20). The molecule has 0 aromatic heterocycles. The number of benzene rings is 1. The maximum Gasteiger partial charge on any atom is 0.251 e. The summed E-state index contributed by atoms with van der Waals surface area (Å²) >= 11 is 6.10. The van der Waals surface area contributed by atoms with E-state index in [9.17, 15) is 4.79 Å². The molecule has 1 saturated carbocycles. The van der Waals surface area contributed by atoms with E-state index in [1.165, 1.54) is 19.3 Å². The summed E-state index contributed by atoms with van der Waals surface area (Å²) in [6.45, 7) is 1.02. The molecule has 20 heavy (non-hydrogen) atoms. The van der Waals surface area contributed by atoms with Crippen molar-refractivity contribution in [2.24, 2.45) is 11.7 Å². The van der Waals surface area contributed by atoms with Crippen LogP contribution in [-0.4, -0.2) is 19.0 Å². The molecule has 0 heterocycles. The van der Waals surface area contributed by atoms with Gasteiger partial charge in [-0.3, -0.25) is 4.79 Å². The predicted molar refractivity (Wildman–Crippen MR) is 81.7 cm³/mol. The predicted octanol–water partition coefficient (Wildman–Crippen LogP) is 2.57. The highest BCUT2D eigenvalue weighted by Crippen LogP contribution is 2.33. The molecular formula is C16H19ClN2O. The van der Waals surface area contributed by atoms with E-state index >= 15 is 0 Å². The summed E-state index contributed by atoms with van der Waals surface area (Å²) in [7, 11) is 0. The van der Waals surface area contributed by atoms with Gasteiger partial charge in [0, 0.05) is 17.7 Å². The van der Waals surface area contributed by atoms with Gasteiger partial charge in [0.25, 0.3) is 5.91 Å². The number of nitrogens with one attached hydrogen (secondary N) is 1. The van der Waals surface area contributed by atoms with Crippen LogP contribution in [0.4, 0.5) is 0 Å². The van der Waals surface area contributed by atoms with Crippen molar-refractivity contribution in [3.05, 3.63) is 34.3 Å². The Kier molecular flexibility index (Phi) is 5.46. The van der Waals surface area contributed by atoms with Crippen LogP contribution in [0.25, 0.3) is 0 Å². The number of halogens is 1. The van der Waals surface area contributed by atoms with Crippen molar-refractivity contribution in [1.82, 2.24) is 5.32 Å². The molecule has 2 rings (SSSR count). The van der Waals surface area contributed by atoms with Gasteiger partial charge in [0.05, 0.1) is 11.6 Å². The third kappa shape index (κ3) is 4.56. The average molecular weight is 291 g/mol. The van der Waals surface area contributed by atoms with Crippen molar-refractivity contribution in [1.29, 1.82) is 0 Å². The second kappa shape index (κ2) is 7.33. The molecule has 0 aliphatic heterocycles. The lowest BCUT2D eigenvalue weighted by atomic mass is 10.1. The van der Waals surface area contributed by atoms with E-state index in [-0.39, 0.29) is 5.91 Å². The van der Waals surface area contributed by atoms with Crippen molar-refractivity contribution < 1.29 is 4.79 Å². The molecular weight excluding hydrogens is 272 g/mol. The Hall–Kier alpha value is -1.50. The molecule has 3 nitrogen and oxygen atoms in total. The number of rotatable bonds is 5. The van der Waals surface area contributed by atoms with E-state index < -0.39 is 0 Å². The van der Waals surface area contributed by atoms with Gasteiger partial charge in [0.15, 0.2) is 0 Å². The monoisotopic (exact) mass is 290 g/mol. The van der Waals surface area contributed by atoms with Crippen molar-refractivity contribution in [2.45, 2.75) is 25.7 Å². The zero-order valence-corrected chi connectivity index (χ0v) is 12.2. The second-order valence-corrected chi connectivity index (χ2v) is 5.45. The molecule has 1 aliphatic rings. The summed E-state index contributed by atoms with van der Waals surface area (Å²) in [5, 5.41) is 3.40. The van der Waals surface area contributed by atoms with Gasteiger partial charge in [-0.1, -0.05) is 36.3 Å². The lowest BCUT2D eigenvalue weighted by Crippen LogP contribution is -2.24. The van der Waals surface area contributed by atoms with E-state index in [2.05, 4.69) is 17.2 Å². The summed E-state index contributed by atoms with van der Waals surface area (Å²) in [5.74, 6) is 6.44. The normalized spacial score (nSPS) is 13.5. The SMILES string of the molecule is NCC#Cc1ccc(C(=O)NCCCC2CC2)cc1Cl. The zero-order valence-electron chi connectivity index (χ0n) is 11.4.